The van der Waals surface area contributed by atoms with Gasteiger partial charge in [-0.1, -0.05) is 48.5 Å². The summed E-state index contributed by atoms with van der Waals surface area (Å²) in [5, 5.41) is 2.88. The number of rotatable bonds is 7. The third kappa shape index (κ3) is 4.69. The quantitative estimate of drug-likeness (QED) is 0.824. The highest BCUT2D eigenvalue weighted by molar-refractivity contribution is 5.91. The molecule has 2 aromatic rings. The number of ether oxygens (including phenoxy) is 1. The van der Waals surface area contributed by atoms with Gasteiger partial charge in [-0.15, -0.1) is 0 Å². The fraction of sp³-hybridized carbons (Fsp3) is 0.278. The Morgan fingerprint density at radius 1 is 1.14 bits per heavy atom. The van der Waals surface area contributed by atoms with Crippen molar-refractivity contribution in [2.45, 2.75) is 26.0 Å². The number of carbonyl (C=O) groups is 1. The zero-order valence-electron chi connectivity index (χ0n) is 12.8. The summed E-state index contributed by atoms with van der Waals surface area (Å²) in [6.07, 6.45) is 0.293. The second-order valence-corrected chi connectivity index (χ2v) is 5.08. The normalized spacial score (nSPS) is 11.9. The first kappa shape index (κ1) is 16.2. The van der Waals surface area contributed by atoms with Crippen molar-refractivity contribution in [3.8, 4) is 0 Å². The van der Waals surface area contributed by atoms with Crippen molar-refractivity contribution in [2.75, 3.05) is 11.9 Å². The molecule has 0 aliphatic heterocycles. The lowest BCUT2D eigenvalue weighted by Gasteiger charge is -2.14. The van der Waals surface area contributed by atoms with Gasteiger partial charge in [-0.05, 0) is 24.1 Å². The van der Waals surface area contributed by atoms with Crippen LogP contribution in [0.5, 0.6) is 0 Å². The van der Waals surface area contributed by atoms with Gasteiger partial charge in [0.2, 0.25) is 5.91 Å². The summed E-state index contributed by atoms with van der Waals surface area (Å²) >= 11 is 0. The number of amides is 1. The summed E-state index contributed by atoms with van der Waals surface area (Å²) in [7, 11) is 0. The van der Waals surface area contributed by atoms with E-state index in [4.69, 9.17) is 10.5 Å². The molecule has 2 aromatic carbocycles. The van der Waals surface area contributed by atoms with E-state index in [0.29, 0.717) is 19.6 Å². The van der Waals surface area contributed by atoms with E-state index in [0.717, 1.165) is 16.8 Å². The second kappa shape index (κ2) is 8.32. The van der Waals surface area contributed by atoms with E-state index >= 15 is 0 Å². The van der Waals surface area contributed by atoms with Crippen LogP contribution < -0.4 is 11.1 Å². The van der Waals surface area contributed by atoms with Crippen LogP contribution >= 0.6 is 0 Å². The molecular weight excluding hydrogens is 276 g/mol. The molecule has 4 heteroatoms. The number of anilines is 1. The van der Waals surface area contributed by atoms with Gasteiger partial charge in [0.15, 0.2) is 0 Å². The highest BCUT2D eigenvalue weighted by Gasteiger charge is 2.08. The van der Waals surface area contributed by atoms with Gasteiger partial charge in [0.05, 0.1) is 19.1 Å². The first-order valence-corrected chi connectivity index (χ1v) is 7.45. The number of hydrogen-bond donors (Lipinski definition) is 2. The largest absolute Gasteiger partial charge is 0.373 e. The van der Waals surface area contributed by atoms with Crippen LogP contribution in [0.15, 0.2) is 54.6 Å². The standard InChI is InChI=1S/C18H22N2O2/c1-14(15-7-3-2-4-8-15)22-12-11-18(21)20-17-10-6-5-9-16(17)13-19/h2-10,14H,11-13,19H2,1H3,(H,20,21). The Labute approximate surface area is 131 Å². The SMILES string of the molecule is CC(OCCC(=O)Nc1ccccc1CN)c1ccccc1. The van der Waals surface area contributed by atoms with Gasteiger partial charge in [-0.3, -0.25) is 4.79 Å². The summed E-state index contributed by atoms with van der Waals surface area (Å²) in [6.45, 7) is 2.77. The molecule has 3 N–H and O–H groups in total. The Hall–Kier alpha value is -2.17. The van der Waals surface area contributed by atoms with Gasteiger partial charge >= 0.3 is 0 Å². The third-order valence-electron chi connectivity index (χ3n) is 3.48. The van der Waals surface area contributed by atoms with Gasteiger partial charge in [-0.2, -0.15) is 0 Å². The molecule has 2 rings (SSSR count). The van der Waals surface area contributed by atoms with Crippen LogP contribution in [0.2, 0.25) is 0 Å². The van der Waals surface area contributed by atoms with Crippen LogP contribution in [-0.4, -0.2) is 12.5 Å². The van der Waals surface area contributed by atoms with E-state index in [1.54, 1.807) is 0 Å². The van der Waals surface area contributed by atoms with Crippen LogP contribution in [0.3, 0.4) is 0 Å². The maximum Gasteiger partial charge on any atom is 0.226 e. The summed E-state index contributed by atoms with van der Waals surface area (Å²) in [4.78, 5) is 12.0. The van der Waals surface area contributed by atoms with E-state index in [2.05, 4.69) is 5.32 Å². The van der Waals surface area contributed by atoms with E-state index in [9.17, 15) is 4.79 Å². The fourth-order valence-electron chi connectivity index (χ4n) is 2.18. The van der Waals surface area contributed by atoms with E-state index < -0.39 is 0 Å². The van der Waals surface area contributed by atoms with Crippen molar-refractivity contribution in [3.05, 3.63) is 65.7 Å². The molecule has 0 fully saturated rings. The maximum atomic E-state index is 12.0. The van der Waals surface area contributed by atoms with Gasteiger partial charge in [-0.25, -0.2) is 0 Å². The first-order valence-electron chi connectivity index (χ1n) is 7.45. The predicted octanol–water partition coefficient (Wildman–Crippen LogP) is 3.25. The minimum absolute atomic E-state index is 0.0228. The van der Waals surface area contributed by atoms with Gasteiger partial charge in [0.25, 0.3) is 0 Å². The van der Waals surface area contributed by atoms with Gasteiger partial charge in [0, 0.05) is 12.2 Å². The Morgan fingerprint density at radius 3 is 2.55 bits per heavy atom. The Kier molecular flexibility index (Phi) is 6.13. The number of nitrogens with two attached hydrogens (primary N) is 1. The van der Waals surface area contributed by atoms with E-state index in [1.165, 1.54) is 0 Å². The van der Waals surface area contributed by atoms with Crippen molar-refractivity contribution < 1.29 is 9.53 Å². The van der Waals surface area contributed by atoms with Crippen molar-refractivity contribution >= 4 is 11.6 Å². The minimum Gasteiger partial charge on any atom is -0.373 e. The summed E-state index contributed by atoms with van der Waals surface area (Å²) < 4.78 is 5.71. The molecule has 0 saturated carbocycles. The number of para-hydroxylation sites is 1. The molecule has 116 valence electrons. The average Bonchev–Trinajstić information content (AvgIpc) is 2.56. The van der Waals surface area contributed by atoms with Crippen LogP contribution in [0.1, 0.15) is 30.6 Å². The molecule has 4 nitrogen and oxygen atoms in total. The zero-order valence-corrected chi connectivity index (χ0v) is 12.8. The molecule has 0 radical (unpaired) electrons. The maximum absolute atomic E-state index is 12.0. The highest BCUT2D eigenvalue weighted by Crippen LogP contribution is 2.17. The molecule has 0 aromatic heterocycles. The van der Waals surface area contributed by atoms with Crippen LogP contribution in [-0.2, 0) is 16.1 Å². The lowest BCUT2D eigenvalue weighted by atomic mass is 10.1. The minimum atomic E-state index is -0.0684. The summed E-state index contributed by atoms with van der Waals surface area (Å²) in [5.74, 6) is -0.0684. The Bertz CT molecular complexity index is 599. The number of hydrogen-bond acceptors (Lipinski definition) is 3. The summed E-state index contributed by atoms with van der Waals surface area (Å²) in [6, 6.07) is 17.5. The van der Waals surface area contributed by atoms with Crippen LogP contribution in [0.25, 0.3) is 0 Å². The van der Waals surface area contributed by atoms with Crippen molar-refractivity contribution in [1.82, 2.24) is 0 Å². The van der Waals surface area contributed by atoms with E-state index in [1.807, 2.05) is 61.5 Å². The smallest absolute Gasteiger partial charge is 0.226 e. The molecule has 0 heterocycles. The Balaban J connectivity index is 1.78. The topological polar surface area (TPSA) is 64.3 Å². The fourth-order valence-corrected chi connectivity index (χ4v) is 2.18. The van der Waals surface area contributed by atoms with Crippen molar-refractivity contribution in [3.63, 3.8) is 0 Å². The zero-order chi connectivity index (χ0) is 15.8. The molecule has 0 aliphatic carbocycles. The lowest BCUT2D eigenvalue weighted by Crippen LogP contribution is -2.16. The molecule has 1 amide bonds. The van der Waals surface area contributed by atoms with E-state index in [-0.39, 0.29) is 12.0 Å². The molecule has 0 aliphatic rings. The van der Waals surface area contributed by atoms with Crippen molar-refractivity contribution in [1.29, 1.82) is 0 Å². The average molecular weight is 298 g/mol. The van der Waals surface area contributed by atoms with Crippen LogP contribution in [0, 0.1) is 0 Å². The Morgan fingerprint density at radius 2 is 1.82 bits per heavy atom. The molecular formula is C18H22N2O2. The van der Waals surface area contributed by atoms with Crippen LogP contribution in [0.4, 0.5) is 5.69 Å². The monoisotopic (exact) mass is 298 g/mol. The lowest BCUT2D eigenvalue weighted by molar-refractivity contribution is -0.117. The molecule has 1 unspecified atom stereocenters. The third-order valence-corrected chi connectivity index (χ3v) is 3.48. The number of carbonyl (C=O) groups excluding carboxylic acids is 1. The molecule has 0 spiro atoms. The first-order chi connectivity index (χ1) is 10.7. The van der Waals surface area contributed by atoms with Crippen molar-refractivity contribution in [2.24, 2.45) is 5.73 Å². The van der Waals surface area contributed by atoms with Gasteiger partial charge < -0.3 is 15.8 Å². The number of nitrogens with one attached hydrogen (secondary N) is 1. The molecule has 0 bridgehead atoms. The molecule has 0 saturated heterocycles. The molecule has 1 atom stereocenters. The second-order valence-electron chi connectivity index (χ2n) is 5.08. The number of benzene rings is 2. The molecule has 22 heavy (non-hydrogen) atoms. The summed E-state index contributed by atoms with van der Waals surface area (Å²) in [5.41, 5.74) is 8.46. The van der Waals surface area contributed by atoms with Gasteiger partial charge in [0.1, 0.15) is 0 Å². The predicted molar refractivity (Wildman–Crippen MR) is 88.4 cm³/mol. The highest BCUT2D eigenvalue weighted by atomic mass is 16.5.